The van der Waals surface area contributed by atoms with E-state index in [1.807, 2.05) is 73.3 Å². The Labute approximate surface area is 222 Å². The van der Waals surface area contributed by atoms with Gasteiger partial charge < -0.3 is 14.4 Å². The SMILES string of the molecule is CCc1nn(-c2ccc(F)cc2)c(Oc2ccccc2)c1CN(CC1CCCO1)C(=O)c1ccc(C)cc1. The van der Waals surface area contributed by atoms with Crippen LogP contribution < -0.4 is 4.74 Å². The average molecular weight is 514 g/mol. The van der Waals surface area contributed by atoms with Gasteiger partial charge in [0.2, 0.25) is 5.88 Å². The fraction of sp³-hybridized carbons (Fsp3) is 0.290. The lowest BCUT2D eigenvalue weighted by atomic mass is 10.1. The van der Waals surface area contributed by atoms with Crippen molar-refractivity contribution in [1.82, 2.24) is 14.7 Å². The number of rotatable bonds is 9. The zero-order chi connectivity index (χ0) is 26.5. The molecule has 1 unspecified atom stereocenters. The summed E-state index contributed by atoms with van der Waals surface area (Å²) in [5, 5.41) is 4.85. The Hall–Kier alpha value is -3.97. The van der Waals surface area contributed by atoms with Crippen LogP contribution in [0.25, 0.3) is 5.69 Å². The molecule has 0 N–H and O–H groups in total. The summed E-state index contributed by atoms with van der Waals surface area (Å²) in [7, 11) is 0. The third-order valence-corrected chi connectivity index (χ3v) is 6.77. The number of ether oxygens (including phenoxy) is 2. The van der Waals surface area contributed by atoms with Crippen molar-refractivity contribution >= 4 is 5.91 Å². The van der Waals surface area contributed by atoms with Gasteiger partial charge in [0.1, 0.15) is 11.6 Å². The van der Waals surface area contributed by atoms with Gasteiger partial charge in [0, 0.05) is 18.7 Å². The molecule has 5 rings (SSSR count). The molecule has 0 bridgehead atoms. The molecule has 1 atom stereocenters. The van der Waals surface area contributed by atoms with E-state index in [1.54, 1.807) is 16.8 Å². The Bertz CT molecular complexity index is 1360. The van der Waals surface area contributed by atoms with Crippen LogP contribution in [0.15, 0.2) is 78.9 Å². The molecule has 1 aliphatic rings. The van der Waals surface area contributed by atoms with Crippen molar-refractivity contribution in [2.24, 2.45) is 0 Å². The summed E-state index contributed by atoms with van der Waals surface area (Å²) in [6.07, 6.45) is 2.53. The van der Waals surface area contributed by atoms with Crippen LogP contribution in [0.4, 0.5) is 4.39 Å². The van der Waals surface area contributed by atoms with Crippen molar-refractivity contribution in [3.63, 3.8) is 0 Å². The summed E-state index contributed by atoms with van der Waals surface area (Å²) in [4.78, 5) is 15.6. The first-order valence-electron chi connectivity index (χ1n) is 13.1. The zero-order valence-corrected chi connectivity index (χ0v) is 21.8. The van der Waals surface area contributed by atoms with E-state index in [0.717, 1.165) is 29.7 Å². The predicted molar refractivity (Wildman–Crippen MR) is 144 cm³/mol. The largest absolute Gasteiger partial charge is 0.439 e. The third kappa shape index (κ3) is 5.78. The second kappa shape index (κ2) is 11.6. The molecule has 1 aromatic heterocycles. The van der Waals surface area contributed by atoms with Gasteiger partial charge >= 0.3 is 0 Å². The molecule has 1 fully saturated rings. The van der Waals surface area contributed by atoms with Crippen molar-refractivity contribution in [1.29, 1.82) is 0 Å². The summed E-state index contributed by atoms with van der Waals surface area (Å²) in [6, 6.07) is 23.3. The Balaban J connectivity index is 1.57. The summed E-state index contributed by atoms with van der Waals surface area (Å²) in [5.74, 6) is 0.764. The first kappa shape index (κ1) is 25.7. The van der Waals surface area contributed by atoms with Gasteiger partial charge in [-0.15, -0.1) is 0 Å². The number of hydrogen-bond acceptors (Lipinski definition) is 4. The van der Waals surface area contributed by atoms with E-state index in [9.17, 15) is 9.18 Å². The normalized spacial score (nSPS) is 15.0. The molecule has 196 valence electrons. The Morgan fingerprint density at radius 3 is 2.47 bits per heavy atom. The lowest BCUT2D eigenvalue weighted by molar-refractivity contribution is 0.0505. The number of nitrogens with zero attached hydrogens (tertiary/aromatic N) is 3. The van der Waals surface area contributed by atoms with Gasteiger partial charge in [-0.2, -0.15) is 5.10 Å². The van der Waals surface area contributed by atoms with Crippen molar-refractivity contribution in [3.05, 3.63) is 107 Å². The molecular formula is C31H32FN3O3. The van der Waals surface area contributed by atoms with Crippen LogP contribution in [0, 0.1) is 12.7 Å². The van der Waals surface area contributed by atoms with Crippen LogP contribution in [0.2, 0.25) is 0 Å². The van der Waals surface area contributed by atoms with Crippen LogP contribution in [0.5, 0.6) is 11.6 Å². The minimum Gasteiger partial charge on any atom is -0.439 e. The number of aromatic nitrogens is 2. The van der Waals surface area contributed by atoms with Crippen LogP contribution in [0.3, 0.4) is 0 Å². The second-order valence-corrected chi connectivity index (χ2v) is 9.57. The number of amides is 1. The molecule has 7 heteroatoms. The number of halogens is 1. The first-order chi connectivity index (χ1) is 18.5. The van der Waals surface area contributed by atoms with E-state index in [0.29, 0.717) is 49.0 Å². The molecule has 0 radical (unpaired) electrons. The highest BCUT2D eigenvalue weighted by Gasteiger charge is 2.28. The molecule has 1 aliphatic heterocycles. The molecule has 38 heavy (non-hydrogen) atoms. The number of benzene rings is 3. The summed E-state index contributed by atoms with van der Waals surface area (Å²) in [6.45, 7) is 5.52. The first-order valence-corrected chi connectivity index (χ1v) is 13.1. The number of aryl methyl sites for hydroxylation is 2. The molecule has 1 saturated heterocycles. The molecule has 0 spiro atoms. The number of carbonyl (C=O) groups is 1. The van der Waals surface area contributed by atoms with E-state index in [1.165, 1.54) is 12.1 Å². The molecule has 2 heterocycles. The quantitative estimate of drug-likeness (QED) is 0.257. The molecular weight excluding hydrogens is 481 g/mol. The maximum atomic E-state index is 13.8. The molecule has 3 aromatic carbocycles. The fourth-order valence-electron chi connectivity index (χ4n) is 4.71. The number of carbonyl (C=O) groups excluding carboxylic acids is 1. The monoisotopic (exact) mass is 513 g/mol. The van der Waals surface area contributed by atoms with Gasteiger partial charge in [-0.3, -0.25) is 4.79 Å². The van der Waals surface area contributed by atoms with Gasteiger partial charge in [-0.05, 0) is 74.7 Å². The zero-order valence-electron chi connectivity index (χ0n) is 21.8. The topological polar surface area (TPSA) is 56.6 Å². The van der Waals surface area contributed by atoms with Gasteiger partial charge in [-0.1, -0.05) is 42.8 Å². The van der Waals surface area contributed by atoms with E-state index >= 15 is 0 Å². The lowest BCUT2D eigenvalue weighted by Gasteiger charge is -2.26. The van der Waals surface area contributed by atoms with Crippen LogP contribution in [-0.2, 0) is 17.7 Å². The lowest BCUT2D eigenvalue weighted by Crippen LogP contribution is -2.37. The van der Waals surface area contributed by atoms with Gasteiger partial charge in [-0.25, -0.2) is 9.07 Å². The highest BCUT2D eigenvalue weighted by Crippen LogP contribution is 2.33. The average Bonchev–Trinajstić information content (AvgIpc) is 3.57. The van der Waals surface area contributed by atoms with Crippen molar-refractivity contribution < 1.29 is 18.7 Å². The number of hydrogen-bond donors (Lipinski definition) is 0. The standard InChI is InChI=1S/C31H32FN3O3/c1-3-29-28(21-34(20-27-10-7-19-37-27)30(36)23-13-11-22(2)12-14-23)31(38-26-8-5-4-6-9-26)35(33-29)25-17-15-24(32)16-18-25/h4-6,8-9,11-18,27H,3,7,10,19-21H2,1-2H3. The summed E-state index contributed by atoms with van der Waals surface area (Å²) in [5.41, 5.74) is 4.03. The van der Waals surface area contributed by atoms with Crippen LogP contribution >= 0.6 is 0 Å². The minimum absolute atomic E-state index is 0.0138. The van der Waals surface area contributed by atoms with Crippen molar-refractivity contribution in [2.45, 2.75) is 45.8 Å². The van der Waals surface area contributed by atoms with Crippen LogP contribution in [0.1, 0.15) is 46.9 Å². The predicted octanol–water partition coefficient (Wildman–Crippen LogP) is 6.50. The Morgan fingerprint density at radius 1 is 1.08 bits per heavy atom. The van der Waals surface area contributed by atoms with Gasteiger partial charge in [0.15, 0.2) is 0 Å². The second-order valence-electron chi connectivity index (χ2n) is 9.57. The van der Waals surface area contributed by atoms with E-state index < -0.39 is 0 Å². The summed E-state index contributed by atoms with van der Waals surface area (Å²) < 4.78 is 27.8. The minimum atomic E-state index is -0.325. The van der Waals surface area contributed by atoms with Gasteiger partial charge in [0.05, 0.1) is 29.6 Å². The van der Waals surface area contributed by atoms with Crippen LogP contribution in [-0.4, -0.2) is 39.8 Å². The molecule has 4 aromatic rings. The molecule has 1 amide bonds. The van der Waals surface area contributed by atoms with Crippen molar-refractivity contribution in [2.75, 3.05) is 13.2 Å². The highest BCUT2D eigenvalue weighted by molar-refractivity contribution is 5.94. The summed E-state index contributed by atoms with van der Waals surface area (Å²) >= 11 is 0. The molecule has 0 saturated carbocycles. The van der Waals surface area contributed by atoms with E-state index in [-0.39, 0.29) is 17.8 Å². The van der Waals surface area contributed by atoms with E-state index in [2.05, 4.69) is 0 Å². The molecule has 0 aliphatic carbocycles. The Kier molecular flexibility index (Phi) is 7.84. The highest BCUT2D eigenvalue weighted by atomic mass is 19.1. The Morgan fingerprint density at radius 2 is 1.82 bits per heavy atom. The van der Waals surface area contributed by atoms with Gasteiger partial charge in [0.25, 0.3) is 5.91 Å². The maximum Gasteiger partial charge on any atom is 0.254 e. The van der Waals surface area contributed by atoms with Crippen molar-refractivity contribution in [3.8, 4) is 17.3 Å². The smallest absolute Gasteiger partial charge is 0.254 e. The fourth-order valence-corrected chi connectivity index (χ4v) is 4.71. The third-order valence-electron chi connectivity index (χ3n) is 6.77. The molecule has 6 nitrogen and oxygen atoms in total. The maximum absolute atomic E-state index is 13.8. The van der Waals surface area contributed by atoms with E-state index in [4.69, 9.17) is 14.6 Å². The number of para-hydroxylation sites is 1.